The van der Waals surface area contributed by atoms with E-state index in [1.165, 1.54) is 83.3 Å². The van der Waals surface area contributed by atoms with Gasteiger partial charge in [0, 0.05) is 18.2 Å². The Morgan fingerprint density at radius 2 is 1.48 bits per heavy atom. The minimum absolute atomic E-state index is 0.0729. The molecular formula is C28H38F2O. The van der Waals surface area contributed by atoms with Gasteiger partial charge in [0.25, 0.3) is 0 Å². The van der Waals surface area contributed by atoms with Gasteiger partial charge >= 0.3 is 0 Å². The molecule has 0 amide bonds. The van der Waals surface area contributed by atoms with Crippen LogP contribution in [0.3, 0.4) is 0 Å². The third-order valence-electron chi connectivity index (χ3n) is 6.97. The van der Waals surface area contributed by atoms with E-state index >= 15 is 0 Å². The third-order valence-corrected chi connectivity index (χ3v) is 6.97. The summed E-state index contributed by atoms with van der Waals surface area (Å²) in [6.45, 7) is 2.34. The number of halogens is 2. The molecule has 0 radical (unpaired) electrons. The Morgan fingerprint density at radius 3 is 2.16 bits per heavy atom. The molecule has 3 heteroatoms. The molecule has 2 aromatic carbocycles. The minimum atomic E-state index is -0.813. The van der Waals surface area contributed by atoms with Gasteiger partial charge in [0.15, 0.2) is 11.6 Å². The Morgan fingerprint density at radius 1 is 0.806 bits per heavy atom. The molecule has 0 aliphatic heterocycles. The number of ether oxygens (including phenoxy) is 1. The second-order valence-corrected chi connectivity index (χ2v) is 9.23. The fourth-order valence-corrected chi connectivity index (χ4v) is 5.01. The SMILES string of the molecule is CCCCCCCCC1CCC(c2ccc(-c3ccc(COC)c(F)c3F)cc2)CC1. The number of unbranched alkanes of at least 4 members (excludes halogenated alkanes) is 5. The van der Waals surface area contributed by atoms with Crippen molar-refractivity contribution < 1.29 is 13.5 Å². The van der Waals surface area contributed by atoms with E-state index in [9.17, 15) is 8.78 Å². The van der Waals surface area contributed by atoms with Crippen LogP contribution in [0.1, 0.15) is 94.6 Å². The normalized spacial score (nSPS) is 19.0. The number of methoxy groups -OCH3 is 1. The van der Waals surface area contributed by atoms with E-state index in [1.807, 2.05) is 12.1 Å². The third kappa shape index (κ3) is 6.62. The summed E-state index contributed by atoms with van der Waals surface area (Å²) in [5.41, 5.74) is 2.61. The second-order valence-electron chi connectivity index (χ2n) is 9.23. The molecule has 0 unspecified atom stereocenters. The standard InChI is InChI=1S/C28H38F2O/c1-3-4-5-6-7-8-9-21-10-12-22(13-11-21)23-14-16-24(17-15-23)26-19-18-25(20-31-2)27(29)28(26)30/h14-19,21-22H,3-13,20H2,1-2H3. The predicted octanol–water partition coefficient (Wildman–Crippen LogP) is 8.80. The molecule has 1 aliphatic rings. The molecule has 2 aromatic rings. The summed E-state index contributed by atoms with van der Waals surface area (Å²) >= 11 is 0. The van der Waals surface area contributed by atoms with Crippen LogP contribution in [0.15, 0.2) is 36.4 Å². The van der Waals surface area contributed by atoms with Crippen molar-refractivity contribution in [1.82, 2.24) is 0 Å². The molecule has 1 nitrogen and oxygen atoms in total. The molecule has 0 aromatic heterocycles. The molecule has 1 aliphatic carbocycles. The van der Waals surface area contributed by atoms with Gasteiger partial charge in [-0.1, -0.05) is 88.3 Å². The summed E-state index contributed by atoms with van der Waals surface area (Å²) in [5.74, 6) is -0.116. The summed E-state index contributed by atoms with van der Waals surface area (Å²) < 4.78 is 33.7. The van der Waals surface area contributed by atoms with Crippen LogP contribution in [0.4, 0.5) is 8.78 Å². The number of benzene rings is 2. The average Bonchev–Trinajstić information content (AvgIpc) is 2.80. The molecule has 0 atom stereocenters. The molecule has 1 fully saturated rings. The van der Waals surface area contributed by atoms with E-state index in [1.54, 1.807) is 12.1 Å². The van der Waals surface area contributed by atoms with E-state index < -0.39 is 11.6 Å². The Kier molecular flexibility index (Phi) is 9.52. The molecule has 0 heterocycles. The summed E-state index contributed by atoms with van der Waals surface area (Å²) in [6.07, 6.45) is 14.8. The van der Waals surface area contributed by atoms with Gasteiger partial charge < -0.3 is 4.74 Å². The first-order valence-corrected chi connectivity index (χ1v) is 12.2. The Bertz CT molecular complexity index is 791. The molecule has 3 rings (SSSR count). The maximum absolute atomic E-state index is 14.5. The molecule has 1 saturated carbocycles. The van der Waals surface area contributed by atoms with Gasteiger partial charge in [-0.15, -0.1) is 0 Å². The van der Waals surface area contributed by atoms with Crippen LogP contribution in [0.25, 0.3) is 11.1 Å². The smallest absolute Gasteiger partial charge is 0.167 e. The highest BCUT2D eigenvalue weighted by molar-refractivity contribution is 5.65. The lowest BCUT2D eigenvalue weighted by molar-refractivity contribution is 0.180. The van der Waals surface area contributed by atoms with Gasteiger partial charge in [-0.05, 0) is 48.6 Å². The van der Waals surface area contributed by atoms with Gasteiger partial charge in [-0.3, -0.25) is 0 Å². The first-order chi connectivity index (χ1) is 15.1. The molecule has 0 saturated heterocycles. The monoisotopic (exact) mass is 428 g/mol. The largest absolute Gasteiger partial charge is 0.380 e. The summed E-state index contributed by atoms with van der Waals surface area (Å²) in [4.78, 5) is 0. The van der Waals surface area contributed by atoms with Crippen molar-refractivity contribution in [2.45, 2.75) is 90.1 Å². The van der Waals surface area contributed by atoms with Crippen molar-refractivity contribution in [2.24, 2.45) is 5.92 Å². The van der Waals surface area contributed by atoms with Crippen LogP contribution in [0, 0.1) is 17.6 Å². The predicted molar refractivity (Wildman–Crippen MR) is 125 cm³/mol. The maximum atomic E-state index is 14.5. The summed E-state index contributed by atoms with van der Waals surface area (Å²) in [7, 11) is 1.48. The zero-order chi connectivity index (χ0) is 22.1. The first kappa shape index (κ1) is 23.9. The fraction of sp³-hybridized carbons (Fsp3) is 0.571. The summed E-state index contributed by atoms with van der Waals surface area (Å²) in [5, 5.41) is 0. The quantitative estimate of drug-likeness (QED) is 0.325. The van der Waals surface area contributed by atoms with E-state index in [0.29, 0.717) is 11.5 Å². The molecule has 0 spiro atoms. The maximum Gasteiger partial charge on any atom is 0.167 e. The van der Waals surface area contributed by atoms with Crippen molar-refractivity contribution in [1.29, 1.82) is 0 Å². The summed E-state index contributed by atoms with van der Waals surface area (Å²) in [6, 6.07) is 11.3. The Hall–Kier alpha value is -1.74. The topological polar surface area (TPSA) is 9.23 Å². The lowest BCUT2D eigenvalue weighted by Crippen LogP contribution is -2.13. The van der Waals surface area contributed by atoms with Gasteiger partial charge in [0.05, 0.1) is 6.61 Å². The molecular weight excluding hydrogens is 390 g/mol. The lowest BCUT2D eigenvalue weighted by Gasteiger charge is -2.29. The molecule has 0 bridgehead atoms. The highest BCUT2D eigenvalue weighted by Crippen LogP contribution is 2.38. The van der Waals surface area contributed by atoms with Crippen molar-refractivity contribution in [3.63, 3.8) is 0 Å². The van der Waals surface area contributed by atoms with E-state index in [2.05, 4.69) is 19.1 Å². The molecule has 0 N–H and O–H groups in total. The van der Waals surface area contributed by atoms with E-state index in [4.69, 9.17) is 4.74 Å². The van der Waals surface area contributed by atoms with Crippen LogP contribution in [0.5, 0.6) is 0 Å². The van der Waals surface area contributed by atoms with Crippen molar-refractivity contribution in [3.05, 3.63) is 59.2 Å². The zero-order valence-electron chi connectivity index (χ0n) is 19.3. The first-order valence-electron chi connectivity index (χ1n) is 12.2. The molecule has 170 valence electrons. The minimum Gasteiger partial charge on any atom is -0.380 e. The van der Waals surface area contributed by atoms with Gasteiger partial charge in [-0.2, -0.15) is 0 Å². The van der Waals surface area contributed by atoms with Crippen LogP contribution >= 0.6 is 0 Å². The van der Waals surface area contributed by atoms with Crippen molar-refractivity contribution >= 4 is 0 Å². The van der Waals surface area contributed by atoms with Crippen LogP contribution in [0.2, 0.25) is 0 Å². The number of hydrogen-bond acceptors (Lipinski definition) is 1. The van der Waals surface area contributed by atoms with Gasteiger partial charge in [-0.25, -0.2) is 8.78 Å². The van der Waals surface area contributed by atoms with Crippen LogP contribution in [-0.4, -0.2) is 7.11 Å². The Labute approximate surface area is 187 Å². The number of hydrogen-bond donors (Lipinski definition) is 0. The highest BCUT2D eigenvalue weighted by Gasteiger charge is 2.22. The lowest BCUT2D eigenvalue weighted by atomic mass is 9.77. The van der Waals surface area contributed by atoms with Crippen LogP contribution in [-0.2, 0) is 11.3 Å². The van der Waals surface area contributed by atoms with Gasteiger partial charge in [0.2, 0.25) is 0 Å². The highest BCUT2D eigenvalue weighted by atomic mass is 19.2. The van der Waals surface area contributed by atoms with Crippen molar-refractivity contribution in [3.8, 4) is 11.1 Å². The van der Waals surface area contributed by atoms with Gasteiger partial charge in [0.1, 0.15) is 0 Å². The second kappa shape index (κ2) is 12.3. The fourth-order valence-electron chi connectivity index (χ4n) is 5.01. The average molecular weight is 429 g/mol. The van der Waals surface area contributed by atoms with E-state index in [-0.39, 0.29) is 12.2 Å². The Balaban J connectivity index is 1.51. The van der Waals surface area contributed by atoms with E-state index in [0.717, 1.165) is 11.5 Å². The van der Waals surface area contributed by atoms with Crippen LogP contribution < -0.4 is 0 Å². The van der Waals surface area contributed by atoms with Crippen molar-refractivity contribution in [2.75, 3.05) is 7.11 Å². The zero-order valence-corrected chi connectivity index (χ0v) is 19.3. The number of rotatable bonds is 11. The molecule has 31 heavy (non-hydrogen) atoms.